The van der Waals surface area contributed by atoms with Crippen LogP contribution in [-0.4, -0.2) is 81.1 Å². The third kappa shape index (κ3) is 7.31. The van der Waals surface area contributed by atoms with Crippen molar-refractivity contribution < 1.29 is 29.0 Å². The number of nitrogens with zero attached hydrogens (tertiary/aromatic N) is 2. The smallest absolute Gasteiger partial charge is 0.411 e. The van der Waals surface area contributed by atoms with E-state index in [1.54, 1.807) is 9.80 Å². The molecule has 254 valence electrons. The predicted molar refractivity (Wildman–Crippen MR) is 171 cm³/mol. The summed E-state index contributed by atoms with van der Waals surface area (Å²) in [6, 6.07) is -2.31. The molecule has 0 aromatic carbocycles. The van der Waals surface area contributed by atoms with Gasteiger partial charge in [-0.2, -0.15) is 0 Å². The molecular formula is C35H58N4O6. The number of carbonyl (C=O) groups is 4. The van der Waals surface area contributed by atoms with E-state index in [4.69, 9.17) is 10.5 Å². The van der Waals surface area contributed by atoms with Crippen molar-refractivity contribution in [2.45, 2.75) is 160 Å². The third-order valence-electron chi connectivity index (χ3n) is 11.8. The first-order valence-corrected chi connectivity index (χ1v) is 17.8. The van der Waals surface area contributed by atoms with E-state index in [0.717, 1.165) is 83.5 Å². The Bertz CT molecular complexity index is 1100. The monoisotopic (exact) mass is 630 g/mol. The molecule has 5 fully saturated rings. The number of carbonyl (C=O) groups excluding carboxylic acids is 4. The van der Waals surface area contributed by atoms with Crippen molar-refractivity contribution in [3.8, 4) is 0 Å². The second kappa shape index (κ2) is 13.4. The third-order valence-corrected chi connectivity index (χ3v) is 11.8. The molecule has 10 heteroatoms. The Labute approximate surface area is 269 Å². The van der Waals surface area contributed by atoms with E-state index in [1.807, 2.05) is 20.8 Å². The number of ether oxygens (including phenoxy) is 1. The van der Waals surface area contributed by atoms with Crippen LogP contribution in [0.15, 0.2) is 0 Å². The van der Waals surface area contributed by atoms with Crippen LogP contribution in [0.4, 0.5) is 4.79 Å². The highest BCUT2D eigenvalue weighted by Gasteiger charge is 2.70. The quantitative estimate of drug-likeness (QED) is 0.324. The molecule has 10 nitrogen and oxygen atoms in total. The fourth-order valence-electron chi connectivity index (χ4n) is 8.97. The molecule has 6 atom stereocenters. The minimum atomic E-state index is -1.49. The Hall–Kier alpha value is -2.36. The number of amides is 4. The zero-order chi connectivity index (χ0) is 32.7. The molecule has 4 N–H and O–H groups in total. The summed E-state index contributed by atoms with van der Waals surface area (Å²) in [6.07, 6.45) is 11.3. The first-order chi connectivity index (χ1) is 21.2. The number of likely N-dealkylation sites (tertiary alicyclic amines) is 1. The van der Waals surface area contributed by atoms with Crippen molar-refractivity contribution in [1.29, 1.82) is 0 Å². The standard InChI is InChI=1S/C35H58N4O6/c1-34(2,3)45-33(44)39(23-17-10-7-11-18-23)27(22-15-8-6-9-16-22)32(43)38-20-24-26(35(24,4)5)28(38)31(42)37-25(29(40)30(36)41)19-21-13-12-14-21/h21-29,40H,6-20H2,1-5H3,(H2,36,41)(H,37,42)/t24-,25?,26-,27+,28?,29?/m1/s1. The van der Waals surface area contributed by atoms with E-state index >= 15 is 4.79 Å². The lowest BCUT2D eigenvalue weighted by molar-refractivity contribution is -0.148. The van der Waals surface area contributed by atoms with Crippen LogP contribution in [0.25, 0.3) is 0 Å². The lowest BCUT2D eigenvalue weighted by Crippen LogP contribution is -2.62. The van der Waals surface area contributed by atoms with Crippen LogP contribution in [0.5, 0.6) is 0 Å². The van der Waals surface area contributed by atoms with Crippen LogP contribution in [0, 0.1) is 29.1 Å². The molecule has 0 spiro atoms. The topological polar surface area (TPSA) is 142 Å². The molecule has 4 amide bonds. The van der Waals surface area contributed by atoms with Gasteiger partial charge in [0.15, 0.2) is 6.10 Å². The SMILES string of the molecule is CC(C)(C)OC(=O)N(C1CCCCC1)[C@H](C(=O)N1C[C@@H]2[C@H](C1C(=O)NC(CC1CCC1)C(O)C(N)=O)C2(C)C)C1CCCCC1. The molecule has 5 rings (SSSR count). The van der Waals surface area contributed by atoms with Gasteiger partial charge in [0, 0.05) is 12.6 Å². The van der Waals surface area contributed by atoms with Gasteiger partial charge in [-0.05, 0) is 82.0 Å². The molecular weight excluding hydrogens is 572 g/mol. The minimum absolute atomic E-state index is 0.00242. The molecule has 4 saturated carbocycles. The van der Waals surface area contributed by atoms with E-state index in [9.17, 15) is 19.5 Å². The lowest BCUT2D eigenvalue weighted by atomic mass is 9.79. The number of hydrogen-bond acceptors (Lipinski definition) is 6. The largest absolute Gasteiger partial charge is 0.444 e. The van der Waals surface area contributed by atoms with E-state index in [-0.39, 0.29) is 41.0 Å². The number of fused-ring (bicyclic) bond motifs is 1. The van der Waals surface area contributed by atoms with Gasteiger partial charge in [-0.1, -0.05) is 71.6 Å². The van der Waals surface area contributed by atoms with Gasteiger partial charge < -0.3 is 25.8 Å². The lowest BCUT2D eigenvalue weighted by Gasteiger charge is -2.45. The molecule has 0 aromatic rings. The number of rotatable bonds is 10. The zero-order valence-electron chi connectivity index (χ0n) is 28.3. The maximum Gasteiger partial charge on any atom is 0.411 e. The van der Waals surface area contributed by atoms with Gasteiger partial charge in [0.05, 0.1) is 6.04 Å². The van der Waals surface area contributed by atoms with Crippen molar-refractivity contribution >= 4 is 23.8 Å². The maximum atomic E-state index is 15.0. The number of nitrogens with one attached hydrogen (secondary N) is 1. The highest BCUT2D eigenvalue weighted by atomic mass is 16.6. The van der Waals surface area contributed by atoms with Gasteiger partial charge in [0.25, 0.3) is 0 Å². The minimum Gasteiger partial charge on any atom is -0.444 e. The van der Waals surface area contributed by atoms with Crippen LogP contribution in [-0.2, 0) is 19.1 Å². The summed E-state index contributed by atoms with van der Waals surface area (Å²) in [7, 11) is 0. The average molecular weight is 631 g/mol. The summed E-state index contributed by atoms with van der Waals surface area (Å²) >= 11 is 0. The van der Waals surface area contributed by atoms with Crippen LogP contribution in [0.1, 0.15) is 125 Å². The normalized spacial score (nSPS) is 29.1. The molecule has 5 aliphatic rings. The molecule has 4 aliphatic carbocycles. The van der Waals surface area contributed by atoms with Gasteiger partial charge in [0.1, 0.15) is 17.7 Å². The Morgan fingerprint density at radius 1 is 0.956 bits per heavy atom. The van der Waals surface area contributed by atoms with Crippen LogP contribution < -0.4 is 11.1 Å². The highest BCUT2D eigenvalue weighted by Crippen LogP contribution is 2.65. The molecule has 0 aromatic heterocycles. The maximum absolute atomic E-state index is 15.0. The van der Waals surface area contributed by atoms with Gasteiger partial charge in [-0.15, -0.1) is 0 Å². The summed E-state index contributed by atoms with van der Waals surface area (Å²) in [6.45, 7) is 10.3. The van der Waals surface area contributed by atoms with Crippen molar-refractivity contribution in [2.24, 2.45) is 34.8 Å². The first-order valence-electron chi connectivity index (χ1n) is 17.8. The van der Waals surface area contributed by atoms with Crippen LogP contribution >= 0.6 is 0 Å². The van der Waals surface area contributed by atoms with Crippen molar-refractivity contribution in [3.05, 3.63) is 0 Å². The Morgan fingerprint density at radius 2 is 1.56 bits per heavy atom. The number of nitrogens with two attached hydrogens (primary N) is 1. The Morgan fingerprint density at radius 3 is 2.09 bits per heavy atom. The number of primary amides is 1. The summed E-state index contributed by atoms with van der Waals surface area (Å²) in [4.78, 5) is 58.9. The molecule has 0 radical (unpaired) electrons. The molecule has 45 heavy (non-hydrogen) atoms. The van der Waals surface area contributed by atoms with Gasteiger partial charge >= 0.3 is 6.09 Å². The fourth-order valence-corrected chi connectivity index (χ4v) is 8.97. The van der Waals surface area contributed by atoms with Gasteiger partial charge in [-0.25, -0.2) is 4.79 Å². The average Bonchev–Trinajstić information content (AvgIpc) is 3.27. The van der Waals surface area contributed by atoms with E-state index < -0.39 is 41.8 Å². The number of hydrogen-bond donors (Lipinski definition) is 3. The molecule has 1 heterocycles. The van der Waals surface area contributed by atoms with Crippen molar-refractivity contribution in [3.63, 3.8) is 0 Å². The van der Waals surface area contributed by atoms with Crippen LogP contribution in [0.2, 0.25) is 0 Å². The highest BCUT2D eigenvalue weighted by molar-refractivity contribution is 5.93. The van der Waals surface area contributed by atoms with E-state index in [1.165, 1.54) is 0 Å². The first kappa shape index (κ1) is 34.0. The van der Waals surface area contributed by atoms with Crippen molar-refractivity contribution in [1.82, 2.24) is 15.1 Å². The summed E-state index contributed by atoms with van der Waals surface area (Å²) in [5.41, 5.74) is 4.68. The zero-order valence-corrected chi connectivity index (χ0v) is 28.3. The molecule has 3 unspecified atom stereocenters. The Kier molecular flexibility index (Phi) is 10.1. The number of aliphatic hydroxyl groups excluding tert-OH is 1. The van der Waals surface area contributed by atoms with Crippen molar-refractivity contribution in [2.75, 3.05) is 6.54 Å². The van der Waals surface area contributed by atoms with Gasteiger partial charge in [-0.3, -0.25) is 19.3 Å². The summed E-state index contributed by atoms with van der Waals surface area (Å²) in [5, 5.41) is 13.7. The predicted octanol–water partition coefficient (Wildman–Crippen LogP) is 4.51. The second-order valence-electron chi connectivity index (χ2n) is 16.4. The molecule has 1 saturated heterocycles. The second-order valence-corrected chi connectivity index (χ2v) is 16.4. The molecule has 1 aliphatic heterocycles. The summed E-state index contributed by atoms with van der Waals surface area (Å²) in [5.74, 6) is -0.904. The number of aliphatic hydroxyl groups is 1. The fraction of sp³-hybridized carbons (Fsp3) is 0.886. The van der Waals surface area contributed by atoms with Gasteiger partial charge in [0.2, 0.25) is 17.7 Å². The molecule has 0 bridgehead atoms. The van der Waals surface area contributed by atoms with E-state index in [0.29, 0.717) is 18.9 Å². The summed E-state index contributed by atoms with van der Waals surface area (Å²) < 4.78 is 5.99. The number of piperidine rings is 1. The van der Waals surface area contributed by atoms with E-state index in [2.05, 4.69) is 19.2 Å². The van der Waals surface area contributed by atoms with Crippen LogP contribution in [0.3, 0.4) is 0 Å². The Balaban J connectivity index is 1.46.